The first-order valence-electron chi connectivity index (χ1n) is 6.46. The molecule has 5 nitrogen and oxygen atoms in total. The maximum Gasteiger partial charge on any atom is 0.133 e. The Morgan fingerprint density at radius 2 is 2.11 bits per heavy atom. The van der Waals surface area contributed by atoms with Gasteiger partial charge in [-0.15, -0.1) is 0 Å². The van der Waals surface area contributed by atoms with Crippen LogP contribution in [0, 0.1) is 6.92 Å². The average molecular weight is 245 g/mol. The number of nitrogen functional groups attached to an aromatic ring is 1. The molecule has 3 rings (SSSR count). The third-order valence-electron chi connectivity index (χ3n) is 3.49. The maximum atomic E-state index is 6.25. The number of nitrogens with zero attached hydrogens (tertiary/aromatic N) is 4. The molecular formula is C13H19N5. The van der Waals surface area contributed by atoms with Gasteiger partial charge >= 0.3 is 0 Å². The molecule has 0 aliphatic heterocycles. The second-order valence-corrected chi connectivity index (χ2v) is 5.27. The van der Waals surface area contributed by atoms with E-state index in [9.17, 15) is 0 Å². The van der Waals surface area contributed by atoms with Crippen LogP contribution in [0.2, 0.25) is 0 Å². The second-order valence-electron chi connectivity index (χ2n) is 5.27. The summed E-state index contributed by atoms with van der Waals surface area (Å²) in [5.41, 5.74) is 8.15. The first-order chi connectivity index (χ1) is 8.59. The summed E-state index contributed by atoms with van der Waals surface area (Å²) >= 11 is 0. The maximum absolute atomic E-state index is 6.25. The molecule has 0 atom stereocenters. The van der Waals surface area contributed by atoms with Crippen LogP contribution in [-0.2, 0) is 0 Å². The van der Waals surface area contributed by atoms with E-state index in [1.54, 1.807) is 0 Å². The fraction of sp³-hybridized carbons (Fsp3) is 0.538. The standard InChI is InChI=1S/C13H19N5/c1-8(2)18-9(3)16-12(13(18)14)11-6-15-7-17(11)10-4-5-10/h6-8,10H,4-5,14H2,1-3H3. The Labute approximate surface area is 107 Å². The minimum Gasteiger partial charge on any atom is -0.383 e. The minimum atomic E-state index is 0.323. The fourth-order valence-corrected chi connectivity index (χ4v) is 2.53. The Hall–Kier alpha value is -1.78. The van der Waals surface area contributed by atoms with Gasteiger partial charge in [-0.1, -0.05) is 0 Å². The molecule has 0 aromatic carbocycles. The number of aryl methyl sites for hydroxylation is 1. The number of anilines is 1. The van der Waals surface area contributed by atoms with Gasteiger partial charge in [-0.2, -0.15) is 0 Å². The van der Waals surface area contributed by atoms with E-state index in [1.165, 1.54) is 12.8 Å². The van der Waals surface area contributed by atoms with Crippen LogP contribution in [0.1, 0.15) is 44.6 Å². The van der Waals surface area contributed by atoms with Crippen LogP contribution in [0.3, 0.4) is 0 Å². The number of aromatic nitrogens is 4. The van der Waals surface area contributed by atoms with Crippen molar-refractivity contribution in [2.24, 2.45) is 0 Å². The molecule has 1 aliphatic carbocycles. The average Bonchev–Trinajstić information content (AvgIpc) is 2.95. The number of imidazole rings is 2. The van der Waals surface area contributed by atoms with Crippen molar-refractivity contribution in [3.63, 3.8) is 0 Å². The molecule has 2 N–H and O–H groups in total. The number of hydrogen-bond acceptors (Lipinski definition) is 3. The molecule has 0 saturated heterocycles. The van der Waals surface area contributed by atoms with Gasteiger partial charge in [-0.3, -0.25) is 0 Å². The van der Waals surface area contributed by atoms with Gasteiger partial charge in [0.05, 0.1) is 18.2 Å². The monoisotopic (exact) mass is 245 g/mol. The van der Waals surface area contributed by atoms with Gasteiger partial charge in [0.25, 0.3) is 0 Å². The van der Waals surface area contributed by atoms with Crippen molar-refractivity contribution in [2.45, 2.75) is 45.7 Å². The van der Waals surface area contributed by atoms with Crippen LogP contribution in [0.15, 0.2) is 12.5 Å². The van der Waals surface area contributed by atoms with Gasteiger partial charge in [0, 0.05) is 12.1 Å². The van der Waals surface area contributed by atoms with Crippen LogP contribution in [-0.4, -0.2) is 19.1 Å². The Bertz CT molecular complexity index is 574. The van der Waals surface area contributed by atoms with Gasteiger partial charge < -0.3 is 14.9 Å². The highest BCUT2D eigenvalue weighted by Gasteiger charge is 2.27. The van der Waals surface area contributed by atoms with Crippen molar-refractivity contribution in [3.05, 3.63) is 18.3 Å². The van der Waals surface area contributed by atoms with Crippen molar-refractivity contribution in [1.29, 1.82) is 0 Å². The van der Waals surface area contributed by atoms with Gasteiger partial charge in [0.15, 0.2) is 0 Å². The minimum absolute atomic E-state index is 0.323. The van der Waals surface area contributed by atoms with E-state index in [4.69, 9.17) is 5.73 Å². The molecule has 96 valence electrons. The Kier molecular flexibility index (Phi) is 2.43. The molecule has 2 aromatic heterocycles. The van der Waals surface area contributed by atoms with Gasteiger partial charge in [0.1, 0.15) is 17.3 Å². The highest BCUT2D eigenvalue weighted by Crippen LogP contribution is 2.39. The molecule has 0 bridgehead atoms. The predicted molar refractivity (Wildman–Crippen MR) is 71.3 cm³/mol. The quantitative estimate of drug-likeness (QED) is 0.904. The van der Waals surface area contributed by atoms with Crippen LogP contribution in [0.25, 0.3) is 11.4 Å². The van der Waals surface area contributed by atoms with E-state index < -0.39 is 0 Å². The molecule has 1 saturated carbocycles. The largest absolute Gasteiger partial charge is 0.383 e. The van der Waals surface area contributed by atoms with Crippen LogP contribution in [0.5, 0.6) is 0 Å². The summed E-state index contributed by atoms with van der Waals surface area (Å²) in [6.07, 6.45) is 6.21. The third kappa shape index (κ3) is 1.62. The van der Waals surface area contributed by atoms with Crippen LogP contribution >= 0.6 is 0 Å². The van der Waals surface area contributed by atoms with Crippen LogP contribution < -0.4 is 5.73 Å². The van der Waals surface area contributed by atoms with Gasteiger partial charge in [-0.25, -0.2) is 9.97 Å². The summed E-state index contributed by atoms with van der Waals surface area (Å²) in [6, 6.07) is 0.912. The summed E-state index contributed by atoms with van der Waals surface area (Å²) in [5.74, 6) is 1.70. The van der Waals surface area contributed by atoms with E-state index in [0.717, 1.165) is 23.0 Å². The van der Waals surface area contributed by atoms with Crippen molar-refractivity contribution in [2.75, 3.05) is 5.73 Å². The highest BCUT2D eigenvalue weighted by molar-refractivity contribution is 5.68. The van der Waals surface area contributed by atoms with E-state index in [0.29, 0.717) is 12.1 Å². The normalized spacial score (nSPS) is 15.6. The van der Waals surface area contributed by atoms with E-state index >= 15 is 0 Å². The van der Waals surface area contributed by atoms with E-state index in [-0.39, 0.29) is 0 Å². The molecule has 1 fully saturated rings. The molecule has 0 unspecified atom stereocenters. The Morgan fingerprint density at radius 3 is 2.67 bits per heavy atom. The molecule has 0 amide bonds. The van der Waals surface area contributed by atoms with E-state index in [1.807, 2.05) is 19.4 Å². The summed E-state index contributed by atoms with van der Waals surface area (Å²) in [7, 11) is 0. The summed E-state index contributed by atoms with van der Waals surface area (Å²) < 4.78 is 4.27. The molecule has 18 heavy (non-hydrogen) atoms. The zero-order valence-corrected chi connectivity index (χ0v) is 11.1. The zero-order valence-electron chi connectivity index (χ0n) is 11.1. The first-order valence-corrected chi connectivity index (χ1v) is 6.46. The SMILES string of the molecule is Cc1nc(-c2cncn2C2CC2)c(N)n1C(C)C. The summed E-state index contributed by atoms with van der Waals surface area (Å²) in [4.78, 5) is 8.86. The van der Waals surface area contributed by atoms with Crippen molar-refractivity contribution < 1.29 is 0 Å². The molecule has 0 spiro atoms. The Balaban J connectivity index is 2.11. The number of nitrogens with two attached hydrogens (primary N) is 1. The van der Waals surface area contributed by atoms with Crippen molar-refractivity contribution in [1.82, 2.24) is 19.1 Å². The number of hydrogen-bond donors (Lipinski definition) is 1. The van der Waals surface area contributed by atoms with Crippen molar-refractivity contribution >= 4 is 5.82 Å². The highest BCUT2D eigenvalue weighted by atomic mass is 15.2. The summed E-state index contributed by atoms with van der Waals surface area (Å²) in [6.45, 7) is 6.23. The predicted octanol–water partition coefficient (Wildman–Crippen LogP) is 2.55. The molecular weight excluding hydrogens is 226 g/mol. The molecule has 2 heterocycles. The number of rotatable bonds is 3. The van der Waals surface area contributed by atoms with Crippen molar-refractivity contribution in [3.8, 4) is 11.4 Å². The Morgan fingerprint density at radius 1 is 1.39 bits per heavy atom. The van der Waals surface area contributed by atoms with Gasteiger partial charge in [0.2, 0.25) is 0 Å². The molecule has 2 aromatic rings. The lowest BCUT2D eigenvalue weighted by molar-refractivity contribution is 0.590. The third-order valence-corrected chi connectivity index (χ3v) is 3.49. The lowest BCUT2D eigenvalue weighted by atomic mass is 10.3. The van der Waals surface area contributed by atoms with Crippen LogP contribution in [0.4, 0.5) is 5.82 Å². The molecule has 1 aliphatic rings. The molecule has 5 heteroatoms. The smallest absolute Gasteiger partial charge is 0.133 e. The lowest BCUT2D eigenvalue weighted by Crippen LogP contribution is -2.07. The first kappa shape index (κ1) is 11.3. The molecule has 0 radical (unpaired) electrons. The fourth-order valence-electron chi connectivity index (χ4n) is 2.53. The van der Waals surface area contributed by atoms with E-state index in [2.05, 4.69) is 32.9 Å². The topological polar surface area (TPSA) is 61.7 Å². The van der Waals surface area contributed by atoms with Gasteiger partial charge in [-0.05, 0) is 33.6 Å². The second kappa shape index (κ2) is 3.86. The summed E-state index contributed by atoms with van der Waals surface area (Å²) in [5, 5.41) is 0. The zero-order chi connectivity index (χ0) is 12.9. The lowest BCUT2D eigenvalue weighted by Gasteiger charge is -2.11.